The first-order valence-corrected chi connectivity index (χ1v) is 3.68. The molecule has 0 unspecified atom stereocenters. The summed E-state index contributed by atoms with van der Waals surface area (Å²) < 4.78 is 0.116. The van der Waals surface area contributed by atoms with E-state index in [0.717, 1.165) is 6.42 Å². The molecule has 9 heavy (non-hydrogen) atoms. The standard InChI is InChI=1S/C8H9.Pd/c1-2-5-8-6-3-4-7-8;/h2-4,6-7H,1,5H2;. The molecule has 0 aromatic heterocycles. The predicted molar refractivity (Wildman–Crippen MR) is 35.8 cm³/mol. The van der Waals surface area contributed by atoms with Crippen molar-refractivity contribution in [2.45, 2.75) is 10.3 Å². The summed E-state index contributed by atoms with van der Waals surface area (Å²) in [7, 11) is 0. The van der Waals surface area contributed by atoms with Gasteiger partial charge in [-0.2, -0.15) is 0 Å². The van der Waals surface area contributed by atoms with Crippen molar-refractivity contribution in [2.24, 2.45) is 0 Å². The van der Waals surface area contributed by atoms with Crippen molar-refractivity contribution >= 4 is 0 Å². The molecule has 0 fully saturated rings. The summed E-state index contributed by atoms with van der Waals surface area (Å²) in [5.41, 5.74) is 0. The van der Waals surface area contributed by atoms with Gasteiger partial charge in [0.25, 0.3) is 0 Å². The molecule has 0 saturated heterocycles. The zero-order valence-corrected chi connectivity index (χ0v) is 6.67. The van der Waals surface area contributed by atoms with Crippen molar-refractivity contribution in [3.05, 3.63) is 37.0 Å². The molecule has 0 radical (unpaired) electrons. The van der Waals surface area contributed by atoms with Gasteiger partial charge in [-0.25, -0.2) is 0 Å². The van der Waals surface area contributed by atoms with Crippen LogP contribution < -0.4 is 0 Å². The summed E-state index contributed by atoms with van der Waals surface area (Å²) in [5, 5.41) is 0. The first-order chi connectivity index (χ1) is 4.27. The first-order valence-electron chi connectivity index (χ1n) is 2.91. The van der Waals surface area contributed by atoms with Crippen molar-refractivity contribution < 1.29 is 19.2 Å². The van der Waals surface area contributed by atoms with E-state index in [1.165, 1.54) is 0 Å². The van der Waals surface area contributed by atoms with Crippen LogP contribution in [0.2, 0.25) is 3.89 Å². The zero-order chi connectivity index (χ0) is 6.74. The molecule has 0 atom stereocenters. The van der Waals surface area contributed by atoms with Gasteiger partial charge in [-0.1, -0.05) is 0 Å². The van der Waals surface area contributed by atoms with Gasteiger partial charge in [-0.05, 0) is 0 Å². The fraction of sp³-hybridized carbons (Fsp3) is 0.250. The van der Waals surface area contributed by atoms with Gasteiger partial charge in [-0.3, -0.25) is 0 Å². The molecule has 0 aromatic rings. The molecule has 0 aromatic carbocycles. The van der Waals surface area contributed by atoms with Crippen molar-refractivity contribution in [1.29, 1.82) is 0 Å². The Hall–Kier alpha value is -0.118. The molecule has 0 aliphatic heterocycles. The minimum absolute atomic E-state index is 0.116. The third-order valence-corrected chi connectivity index (χ3v) is 2.12. The number of hydrogen-bond acceptors (Lipinski definition) is 0. The van der Waals surface area contributed by atoms with E-state index in [-0.39, 0.29) is 3.89 Å². The van der Waals surface area contributed by atoms with Crippen LogP contribution in [0.15, 0.2) is 37.0 Å². The van der Waals surface area contributed by atoms with Crippen LogP contribution in [-0.4, -0.2) is 0 Å². The van der Waals surface area contributed by atoms with E-state index >= 15 is 0 Å². The van der Waals surface area contributed by atoms with Crippen LogP contribution in [-0.2, 0) is 19.2 Å². The molecule has 1 heteroatoms. The third-order valence-electron chi connectivity index (χ3n) is 1.28. The SMILES string of the molecule is C=CC[C]1([Pd])C=CC=C1. The molecule has 51 valence electrons. The van der Waals surface area contributed by atoms with Gasteiger partial charge < -0.3 is 0 Å². The minimum atomic E-state index is 0.116. The maximum absolute atomic E-state index is 3.68. The Kier molecular flexibility index (Phi) is 2.06. The first kappa shape index (κ1) is 6.99. The molecule has 1 rings (SSSR count). The van der Waals surface area contributed by atoms with E-state index in [1.54, 1.807) is 0 Å². The fourth-order valence-corrected chi connectivity index (χ4v) is 1.35. The molecule has 0 N–H and O–H groups in total. The van der Waals surface area contributed by atoms with Crippen molar-refractivity contribution in [1.82, 2.24) is 0 Å². The van der Waals surface area contributed by atoms with E-state index in [0.29, 0.717) is 0 Å². The normalized spacial score (nSPS) is 20.7. The molecule has 1 aliphatic rings. The van der Waals surface area contributed by atoms with E-state index in [4.69, 9.17) is 0 Å². The zero-order valence-electron chi connectivity index (χ0n) is 5.12. The summed E-state index contributed by atoms with van der Waals surface area (Å²) in [4.78, 5) is 0. The average Bonchev–Trinajstić information content (AvgIpc) is 2.16. The molecule has 0 amide bonds. The molecular formula is C8H9Pd. The summed E-state index contributed by atoms with van der Waals surface area (Å²) in [5.74, 6) is 0. The Labute approximate surface area is 66.7 Å². The topological polar surface area (TPSA) is 0 Å². The summed E-state index contributed by atoms with van der Waals surface area (Å²) in [6.07, 6.45) is 11.3. The Balaban J connectivity index is 2.63. The van der Waals surface area contributed by atoms with E-state index < -0.39 is 0 Å². The molecular weight excluding hydrogens is 203 g/mol. The van der Waals surface area contributed by atoms with E-state index in [9.17, 15) is 0 Å². The van der Waals surface area contributed by atoms with Crippen LogP contribution in [0, 0.1) is 0 Å². The number of hydrogen-bond donors (Lipinski definition) is 0. The van der Waals surface area contributed by atoms with Crippen LogP contribution in [0.1, 0.15) is 6.42 Å². The Morgan fingerprint density at radius 3 is 2.44 bits per heavy atom. The molecule has 1 aliphatic carbocycles. The Morgan fingerprint density at radius 1 is 1.44 bits per heavy atom. The summed E-state index contributed by atoms with van der Waals surface area (Å²) in [6, 6.07) is 0. The molecule has 0 nitrogen and oxygen atoms in total. The van der Waals surface area contributed by atoms with E-state index in [1.807, 2.05) is 18.2 Å². The van der Waals surface area contributed by atoms with Gasteiger partial charge in [-0.15, -0.1) is 0 Å². The van der Waals surface area contributed by atoms with Gasteiger partial charge >= 0.3 is 66.5 Å². The molecule has 0 bridgehead atoms. The molecule has 0 spiro atoms. The van der Waals surface area contributed by atoms with Crippen LogP contribution in [0.3, 0.4) is 0 Å². The van der Waals surface area contributed by atoms with Gasteiger partial charge in [0.15, 0.2) is 0 Å². The quantitative estimate of drug-likeness (QED) is 0.486. The number of allylic oxidation sites excluding steroid dienone is 5. The van der Waals surface area contributed by atoms with E-state index in [2.05, 4.69) is 37.9 Å². The average molecular weight is 212 g/mol. The van der Waals surface area contributed by atoms with Crippen molar-refractivity contribution in [2.75, 3.05) is 0 Å². The monoisotopic (exact) mass is 211 g/mol. The van der Waals surface area contributed by atoms with Crippen LogP contribution in [0.25, 0.3) is 0 Å². The molecule has 0 saturated carbocycles. The Morgan fingerprint density at radius 2 is 2.00 bits per heavy atom. The van der Waals surface area contributed by atoms with Crippen LogP contribution >= 0.6 is 0 Å². The fourth-order valence-electron chi connectivity index (χ4n) is 0.823. The van der Waals surface area contributed by atoms with Crippen molar-refractivity contribution in [3.63, 3.8) is 0 Å². The van der Waals surface area contributed by atoms with Crippen molar-refractivity contribution in [3.8, 4) is 0 Å². The van der Waals surface area contributed by atoms with Gasteiger partial charge in [0.2, 0.25) is 0 Å². The summed E-state index contributed by atoms with van der Waals surface area (Å²) in [6.45, 7) is 3.68. The van der Waals surface area contributed by atoms with Gasteiger partial charge in [0.1, 0.15) is 0 Å². The Bertz CT molecular complexity index is 153. The predicted octanol–water partition coefficient (Wildman–Crippen LogP) is 2.39. The third kappa shape index (κ3) is 1.64. The second kappa shape index (κ2) is 2.64. The second-order valence-corrected chi connectivity index (χ2v) is 3.53. The van der Waals surface area contributed by atoms with Gasteiger partial charge in [0.05, 0.1) is 0 Å². The maximum atomic E-state index is 3.68. The molecule has 0 heterocycles. The second-order valence-electron chi connectivity index (χ2n) is 2.08. The van der Waals surface area contributed by atoms with Crippen LogP contribution in [0.4, 0.5) is 0 Å². The van der Waals surface area contributed by atoms with Gasteiger partial charge in [0, 0.05) is 0 Å². The van der Waals surface area contributed by atoms with Crippen LogP contribution in [0.5, 0.6) is 0 Å². The number of rotatable bonds is 2. The summed E-state index contributed by atoms with van der Waals surface area (Å²) >= 11 is 3.29.